The van der Waals surface area contributed by atoms with E-state index in [0.29, 0.717) is 17.3 Å². The van der Waals surface area contributed by atoms with E-state index in [0.717, 1.165) is 5.69 Å². The number of benzene rings is 1. The lowest BCUT2D eigenvalue weighted by Gasteiger charge is -2.06. The molecule has 0 atom stereocenters. The van der Waals surface area contributed by atoms with Crippen LogP contribution in [0.2, 0.25) is 0 Å². The zero-order valence-corrected chi connectivity index (χ0v) is 10.5. The smallest absolute Gasteiger partial charge is 0.227 e. The van der Waals surface area contributed by atoms with Gasteiger partial charge in [-0.25, -0.2) is 14.4 Å². The summed E-state index contributed by atoms with van der Waals surface area (Å²) in [4.78, 5) is 12.5. The van der Waals surface area contributed by atoms with Crippen molar-refractivity contribution in [3.8, 4) is 11.4 Å². The average molecular weight is 266 g/mol. The molecule has 0 fully saturated rings. The van der Waals surface area contributed by atoms with E-state index in [1.54, 1.807) is 18.3 Å². The largest absolute Gasteiger partial charge is 0.324 e. The Morgan fingerprint density at radius 3 is 2.45 bits per heavy atom. The summed E-state index contributed by atoms with van der Waals surface area (Å²) in [6.07, 6.45) is 2.81. The van der Waals surface area contributed by atoms with Gasteiger partial charge in [-0.2, -0.15) is 0 Å². The van der Waals surface area contributed by atoms with Crippen LogP contribution in [0.4, 0.5) is 16.0 Å². The molecule has 0 unspecified atom stereocenters. The fourth-order valence-electron chi connectivity index (χ4n) is 1.74. The fourth-order valence-corrected chi connectivity index (χ4v) is 1.74. The monoisotopic (exact) mass is 266 g/mol. The Hall–Kier alpha value is -2.82. The summed E-state index contributed by atoms with van der Waals surface area (Å²) in [6, 6.07) is 14.3. The minimum atomic E-state index is -0.370. The van der Waals surface area contributed by atoms with Crippen molar-refractivity contribution in [3.05, 3.63) is 66.7 Å². The van der Waals surface area contributed by atoms with Gasteiger partial charge in [-0.15, -0.1) is 0 Å². The van der Waals surface area contributed by atoms with Gasteiger partial charge in [0, 0.05) is 11.9 Å². The van der Waals surface area contributed by atoms with E-state index < -0.39 is 0 Å². The Balaban J connectivity index is 1.88. The van der Waals surface area contributed by atoms with E-state index in [9.17, 15) is 4.39 Å². The van der Waals surface area contributed by atoms with E-state index in [2.05, 4.69) is 20.3 Å². The number of anilines is 2. The molecule has 3 rings (SSSR count). The van der Waals surface area contributed by atoms with Crippen molar-refractivity contribution >= 4 is 11.6 Å². The van der Waals surface area contributed by atoms with E-state index in [4.69, 9.17) is 0 Å². The number of rotatable bonds is 3. The van der Waals surface area contributed by atoms with Crippen LogP contribution in [0.3, 0.4) is 0 Å². The lowest BCUT2D eigenvalue weighted by molar-refractivity contribution is 0.622. The number of halogens is 1. The molecule has 0 amide bonds. The molecule has 1 aromatic carbocycles. The van der Waals surface area contributed by atoms with Crippen LogP contribution in [-0.2, 0) is 0 Å². The summed E-state index contributed by atoms with van der Waals surface area (Å²) in [7, 11) is 0. The number of nitrogens with zero attached hydrogens (tertiary/aromatic N) is 3. The van der Waals surface area contributed by atoms with Crippen LogP contribution in [0.5, 0.6) is 0 Å². The molecule has 98 valence electrons. The van der Waals surface area contributed by atoms with Gasteiger partial charge in [0.2, 0.25) is 5.95 Å². The third-order valence-electron chi connectivity index (χ3n) is 2.68. The van der Waals surface area contributed by atoms with Crippen LogP contribution in [0.15, 0.2) is 60.9 Å². The standard InChI is InChI=1S/C15H11FN4/c16-11-6-7-13(18-10-11)14-8-9-17-15(20-14)19-12-4-2-1-3-5-12/h1-10H,(H,17,19,20). The molecule has 2 heterocycles. The predicted octanol–water partition coefficient (Wildman–Crippen LogP) is 3.42. The highest BCUT2D eigenvalue weighted by Gasteiger charge is 2.04. The van der Waals surface area contributed by atoms with E-state index >= 15 is 0 Å². The molecule has 0 aliphatic rings. The third-order valence-corrected chi connectivity index (χ3v) is 2.68. The summed E-state index contributed by atoms with van der Waals surface area (Å²) >= 11 is 0. The Bertz CT molecular complexity index is 699. The van der Waals surface area contributed by atoms with Gasteiger partial charge >= 0.3 is 0 Å². The highest BCUT2D eigenvalue weighted by atomic mass is 19.1. The first-order valence-corrected chi connectivity index (χ1v) is 6.08. The van der Waals surface area contributed by atoms with E-state index in [1.807, 2.05) is 30.3 Å². The van der Waals surface area contributed by atoms with Gasteiger partial charge in [0.1, 0.15) is 5.82 Å². The average Bonchev–Trinajstić information content (AvgIpc) is 2.49. The van der Waals surface area contributed by atoms with Crippen molar-refractivity contribution in [1.82, 2.24) is 15.0 Å². The maximum Gasteiger partial charge on any atom is 0.227 e. The fraction of sp³-hybridized carbons (Fsp3) is 0. The maximum absolute atomic E-state index is 12.9. The maximum atomic E-state index is 12.9. The SMILES string of the molecule is Fc1ccc(-c2ccnc(Nc3ccccc3)n2)nc1. The quantitative estimate of drug-likeness (QED) is 0.789. The molecule has 0 aliphatic heterocycles. The normalized spacial score (nSPS) is 10.2. The van der Waals surface area contributed by atoms with Crippen molar-refractivity contribution in [2.75, 3.05) is 5.32 Å². The summed E-state index contributed by atoms with van der Waals surface area (Å²) in [5, 5.41) is 3.10. The van der Waals surface area contributed by atoms with Crippen LogP contribution in [-0.4, -0.2) is 15.0 Å². The molecule has 0 saturated heterocycles. The van der Waals surface area contributed by atoms with Crippen LogP contribution in [0.25, 0.3) is 11.4 Å². The van der Waals surface area contributed by atoms with E-state index in [1.165, 1.54) is 12.3 Å². The molecular weight excluding hydrogens is 255 g/mol. The molecule has 3 aromatic rings. The Morgan fingerprint density at radius 2 is 1.70 bits per heavy atom. The van der Waals surface area contributed by atoms with Gasteiger partial charge in [-0.05, 0) is 30.3 Å². The Labute approximate surface area is 115 Å². The molecule has 5 heteroatoms. The Kier molecular flexibility index (Phi) is 3.33. The van der Waals surface area contributed by atoms with Gasteiger partial charge < -0.3 is 5.32 Å². The first-order chi connectivity index (χ1) is 9.81. The van der Waals surface area contributed by atoms with Gasteiger partial charge in [0.15, 0.2) is 0 Å². The van der Waals surface area contributed by atoms with Crippen LogP contribution < -0.4 is 5.32 Å². The number of nitrogens with one attached hydrogen (secondary N) is 1. The number of hydrogen-bond donors (Lipinski definition) is 1. The lowest BCUT2D eigenvalue weighted by Crippen LogP contribution is -1.98. The summed E-state index contributed by atoms with van der Waals surface area (Å²) in [6.45, 7) is 0. The van der Waals surface area contributed by atoms with Crippen LogP contribution >= 0.6 is 0 Å². The molecule has 0 aliphatic carbocycles. The highest BCUT2D eigenvalue weighted by Crippen LogP contribution is 2.17. The van der Waals surface area contributed by atoms with Crippen LogP contribution in [0.1, 0.15) is 0 Å². The molecule has 4 nitrogen and oxygen atoms in total. The second kappa shape index (κ2) is 5.44. The second-order valence-corrected chi connectivity index (χ2v) is 4.12. The lowest BCUT2D eigenvalue weighted by atomic mass is 10.2. The molecular formula is C15H11FN4. The van der Waals surface area contributed by atoms with E-state index in [-0.39, 0.29) is 5.82 Å². The number of pyridine rings is 1. The Morgan fingerprint density at radius 1 is 0.850 bits per heavy atom. The number of hydrogen-bond acceptors (Lipinski definition) is 4. The van der Waals surface area contributed by atoms with Crippen molar-refractivity contribution in [2.45, 2.75) is 0 Å². The molecule has 0 radical (unpaired) electrons. The van der Waals surface area contributed by atoms with Gasteiger partial charge in [0.25, 0.3) is 0 Å². The van der Waals surface area contributed by atoms with Crippen molar-refractivity contribution in [3.63, 3.8) is 0 Å². The molecule has 0 spiro atoms. The van der Waals surface area contributed by atoms with Gasteiger partial charge in [0.05, 0.1) is 17.6 Å². The molecule has 0 bridgehead atoms. The van der Waals surface area contributed by atoms with Gasteiger partial charge in [-0.3, -0.25) is 4.98 Å². The number of aromatic nitrogens is 3. The predicted molar refractivity (Wildman–Crippen MR) is 74.9 cm³/mol. The first kappa shape index (κ1) is 12.2. The van der Waals surface area contributed by atoms with Crippen molar-refractivity contribution in [2.24, 2.45) is 0 Å². The van der Waals surface area contributed by atoms with Crippen LogP contribution in [0, 0.1) is 5.82 Å². The molecule has 0 saturated carbocycles. The summed E-state index contributed by atoms with van der Waals surface area (Å²) < 4.78 is 12.9. The molecule has 20 heavy (non-hydrogen) atoms. The van der Waals surface area contributed by atoms with Crippen molar-refractivity contribution in [1.29, 1.82) is 0 Å². The van der Waals surface area contributed by atoms with Crippen molar-refractivity contribution < 1.29 is 4.39 Å². The highest BCUT2D eigenvalue weighted by molar-refractivity contribution is 5.58. The molecule has 1 N–H and O–H groups in total. The third kappa shape index (κ3) is 2.77. The van der Waals surface area contributed by atoms with Gasteiger partial charge in [-0.1, -0.05) is 18.2 Å². The summed E-state index contributed by atoms with van der Waals surface area (Å²) in [5.41, 5.74) is 2.14. The zero-order chi connectivity index (χ0) is 13.8. The first-order valence-electron chi connectivity index (χ1n) is 6.08. The minimum absolute atomic E-state index is 0.370. The molecule has 2 aromatic heterocycles. The summed E-state index contributed by atoms with van der Waals surface area (Å²) in [5.74, 6) is 0.102. The zero-order valence-electron chi connectivity index (χ0n) is 10.5. The topological polar surface area (TPSA) is 50.7 Å². The minimum Gasteiger partial charge on any atom is -0.324 e. The second-order valence-electron chi connectivity index (χ2n) is 4.12. The number of para-hydroxylation sites is 1.